The molecule has 1 aromatic rings. The van der Waals surface area contributed by atoms with Crippen LogP contribution in [0, 0.1) is 11.8 Å². The molecule has 0 fully saturated rings. The van der Waals surface area contributed by atoms with Crippen molar-refractivity contribution in [1.82, 2.24) is 9.88 Å². The first-order valence-electron chi connectivity index (χ1n) is 4.78. The molecule has 0 bridgehead atoms. The molecule has 0 saturated carbocycles. The molecule has 84 valence electrons. The molecule has 0 spiro atoms. The van der Waals surface area contributed by atoms with Gasteiger partial charge in [0.05, 0.1) is 6.54 Å². The molecule has 1 heterocycles. The lowest BCUT2D eigenvalue weighted by Crippen LogP contribution is -2.27. The molecule has 0 aliphatic rings. The van der Waals surface area contributed by atoms with E-state index in [0.717, 1.165) is 0 Å². The lowest BCUT2D eigenvalue weighted by atomic mass is 10.3. The van der Waals surface area contributed by atoms with Crippen molar-refractivity contribution in [1.29, 1.82) is 0 Å². The third kappa shape index (κ3) is 3.59. The zero-order chi connectivity index (χ0) is 12.0. The van der Waals surface area contributed by atoms with Crippen LogP contribution < -0.4 is 11.1 Å². The number of pyridine rings is 1. The topological polar surface area (TPSA) is 71.2 Å². The number of carbonyl (C=O) groups is 1. The van der Waals surface area contributed by atoms with E-state index in [4.69, 9.17) is 5.73 Å². The van der Waals surface area contributed by atoms with Crippen LogP contribution in [0.25, 0.3) is 0 Å². The van der Waals surface area contributed by atoms with Gasteiger partial charge in [0.15, 0.2) is 0 Å². The number of carbonyl (C=O) groups excluding carboxylic acids is 1. The highest BCUT2D eigenvalue weighted by Gasteiger charge is 2.04. The van der Waals surface area contributed by atoms with Crippen LogP contribution in [0.3, 0.4) is 0 Å². The Kier molecular flexibility index (Phi) is 4.30. The van der Waals surface area contributed by atoms with Crippen molar-refractivity contribution >= 4 is 11.8 Å². The molecule has 0 atom stereocenters. The van der Waals surface area contributed by atoms with Gasteiger partial charge >= 0.3 is 6.03 Å². The number of nitrogens with one attached hydrogen (secondary N) is 1. The van der Waals surface area contributed by atoms with Crippen LogP contribution in [-0.4, -0.2) is 36.6 Å². The van der Waals surface area contributed by atoms with Gasteiger partial charge in [0.2, 0.25) is 0 Å². The molecule has 0 unspecified atom stereocenters. The first-order valence-corrected chi connectivity index (χ1v) is 4.78. The number of anilines is 1. The molecule has 1 aromatic heterocycles. The van der Waals surface area contributed by atoms with Gasteiger partial charge in [0.25, 0.3) is 0 Å². The lowest BCUT2D eigenvalue weighted by Gasteiger charge is -2.11. The van der Waals surface area contributed by atoms with Crippen molar-refractivity contribution in [3.05, 3.63) is 23.9 Å². The quantitative estimate of drug-likeness (QED) is 0.674. The maximum atomic E-state index is 11.4. The number of nitrogens with two attached hydrogens (primary N) is 1. The van der Waals surface area contributed by atoms with Crippen LogP contribution in [0.2, 0.25) is 0 Å². The highest BCUT2D eigenvalue weighted by atomic mass is 16.2. The normalized spacial score (nSPS) is 8.94. The Morgan fingerprint density at radius 3 is 2.94 bits per heavy atom. The van der Waals surface area contributed by atoms with Crippen LogP contribution in [0.5, 0.6) is 0 Å². The fraction of sp³-hybridized carbons (Fsp3) is 0.273. The van der Waals surface area contributed by atoms with Gasteiger partial charge in [-0.15, -0.1) is 0 Å². The monoisotopic (exact) mass is 218 g/mol. The van der Waals surface area contributed by atoms with E-state index in [2.05, 4.69) is 22.1 Å². The molecule has 5 heteroatoms. The number of rotatable bonds is 1. The van der Waals surface area contributed by atoms with Gasteiger partial charge in [0, 0.05) is 14.1 Å². The van der Waals surface area contributed by atoms with Gasteiger partial charge in [-0.05, 0) is 18.1 Å². The maximum Gasteiger partial charge on any atom is 0.322 e. The molecule has 16 heavy (non-hydrogen) atoms. The summed E-state index contributed by atoms with van der Waals surface area (Å²) in [6, 6.07) is 5.01. The summed E-state index contributed by atoms with van der Waals surface area (Å²) in [4.78, 5) is 16.9. The van der Waals surface area contributed by atoms with Crippen LogP contribution in [0.1, 0.15) is 5.69 Å². The number of nitrogens with zero attached hydrogens (tertiary/aromatic N) is 2. The molecule has 0 radical (unpaired) electrons. The minimum Gasteiger partial charge on any atom is -0.331 e. The Morgan fingerprint density at radius 2 is 2.31 bits per heavy atom. The average molecular weight is 218 g/mol. The van der Waals surface area contributed by atoms with Crippen molar-refractivity contribution in [2.75, 3.05) is 26.0 Å². The smallest absolute Gasteiger partial charge is 0.322 e. The molecule has 2 amide bonds. The second kappa shape index (κ2) is 5.73. The molecular weight excluding hydrogens is 204 g/mol. The van der Waals surface area contributed by atoms with Gasteiger partial charge in [-0.1, -0.05) is 12.0 Å². The average Bonchev–Trinajstić information content (AvgIpc) is 2.26. The summed E-state index contributed by atoms with van der Waals surface area (Å²) in [6.07, 6.45) is 0. The first-order chi connectivity index (χ1) is 7.63. The van der Waals surface area contributed by atoms with Crippen molar-refractivity contribution in [3.8, 4) is 11.8 Å². The van der Waals surface area contributed by atoms with Gasteiger partial charge in [-0.2, -0.15) is 0 Å². The highest BCUT2D eigenvalue weighted by molar-refractivity contribution is 5.87. The minimum atomic E-state index is -0.226. The van der Waals surface area contributed by atoms with Gasteiger partial charge in [-0.25, -0.2) is 9.78 Å². The zero-order valence-electron chi connectivity index (χ0n) is 9.32. The lowest BCUT2D eigenvalue weighted by molar-refractivity contribution is 0.230. The maximum absolute atomic E-state index is 11.4. The van der Waals surface area contributed by atoms with Crippen LogP contribution in [0.15, 0.2) is 18.2 Å². The fourth-order valence-corrected chi connectivity index (χ4v) is 0.937. The van der Waals surface area contributed by atoms with Crippen molar-refractivity contribution in [2.24, 2.45) is 5.73 Å². The van der Waals surface area contributed by atoms with Crippen LogP contribution in [-0.2, 0) is 0 Å². The van der Waals surface area contributed by atoms with Gasteiger partial charge < -0.3 is 10.6 Å². The molecule has 0 aromatic carbocycles. The Morgan fingerprint density at radius 1 is 1.56 bits per heavy atom. The predicted molar refractivity (Wildman–Crippen MR) is 62.9 cm³/mol. The minimum absolute atomic E-state index is 0.226. The Balaban J connectivity index is 2.78. The summed E-state index contributed by atoms with van der Waals surface area (Å²) in [7, 11) is 3.32. The van der Waals surface area contributed by atoms with E-state index >= 15 is 0 Å². The summed E-state index contributed by atoms with van der Waals surface area (Å²) in [5.74, 6) is 5.97. The summed E-state index contributed by atoms with van der Waals surface area (Å²) in [5, 5.41) is 2.64. The molecule has 0 aliphatic heterocycles. The molecule has 0 saturated heterocycles. The van der Waals surface area contributed by atoms with Crippen LogP contribution >= 0.6 is 0 Å². The standard InChI is InChI=1S/C11H14N4O/c1-15(2)11(16)14-10-7-3-5-9(13-10)6-4-8-12/h3,5,7H,8,12H2,1-2H3,(H,13,14,16). The molecule has 1 rings (SSSR count). The SMILES string of the molecule is CN(C)C(=O)Nc1cccc(C#CCN)n1. The fourth-order valence-electron chi connectivity index (χ4n) is 0.937. The van der Waals surface area contributed by atoms with E-state index in [1.165, 1.54) is 4.90 Å². The summed E-state index contributed by atoms with van der Waals surface area (Å²) in [6.45, 7) is 0.288. The molecular formula is C11H14N4O. The Hall–Kier alpha value is -2.06. The van der Waals surface area contributed by atoms with Crippen molar-refractivity contribution in [3.63, 3.8) is 0 Å². The van der Waals surface area contributed by atoms with E-state index in [9.17, 15) is 4.79 Å². The first kappa shape index (κ1) is 12.0. The zero-order valence-corrected chi connectivity index (χ0v) is 9.32. The van der Waals surface area contributed by atoms with Crippen molar-refractivity contribution in [2.45, 2.75) is 0 Å². The second-order valence-corrected chi connectivity index (χ2v) is 3.24. The van der Waals surface area contributed by atoms with Gasteiger partial charge in [-0.3, -0.25) is 5.32 Å². The summed E-state index contributed by atoms with van der Waals surface area (Å²) < 4.78 is 0. The van der Waals surface area contributed by atoms with E-state index in [-0.39, 0.29) is 12.6 Å². The molecule has 3 N–H and O–H groups in total. The van der Waals surface area contributed by atoms with E-state index in [0.29, 0.717) is 11.5 Å². The summed E-state index contributed by atoms with van der Waals surface area (Å²) in [5.41, 5.74) is 5.84. The molecule has 0 aliphatic carbocycles. The Labute approximate surface area is 94.7 Å². The third-order valence-corrected chi connectivity index (χ3v) is 1.71. The Bertz CT molecular complexity index is 431. The van der Waals surface area contributed by atoms with E-state index in [1.807, 2.05) is 0 Å². The molecule has 5 nitrogen and oxygen atoms in total. The summed E-state index contributed by atoms with van der Waals surface area (Å²) >= 11 is 0. The van der Waals surface area contributed by atoms with Crippen molar-refractivity contribution < 1.29 is 4.79 Å². The van der Waals surface area contributed by atoms with E-state index < -0.39 is 0 Å². The second-order valence-electron chi connectivity index (χ2n) is 3.24. The predicted octanol–water partition coefficient (Wildman–Crippen LogP) is 0.485. The number of amides is 2. The highest BCUT2D eigenvalue weighted by Crippen LogP contribution is 2.04. The van der Waals surface area contributed by atoms with E-state index in [1.54, 1.807) is 32.3 Å². The third-order valence-electron chi connectivity index (χ3n) is 1.71. The largest absolute Gasteiger partial charge is 0.331 e. The number of aromatic nitrogens is 1. The van der Waals surface area contributed by atoms with Gasteiger partial charge in [0.1, 0.15) is 11.5 Å². The van der Waals surface area contributed by atoms with Crippen LogP contribution in [0.4, 0.5) is 10.6 Å². The number of hydrogen-bond donors (Lipinski definition) is 2. The number of hydrogen-bond acceptors (Lipinski definition) is 3. The number of urea groups is 1.